The van der Waals surface area contributed by atoms with Crippen molar-refractivity contribution in [2.75, 3.05) is 16.8 Å². The van der Waals surface area contributed by atoms with Gasteiger partial charge < -0.3 is 4.90 Å². The first-order valence-corrected chi connectivity index (χ1v) is 11.4. The van der Waals surface area contributed by atoms with Crippen LogP contribution in [0.5, 0.6) is 0 Å². The molecule has 0 bridgehead atoms. The number of hydrogen-bond donors (Lipinski definition) is 0. The van der Waals surface area contributed by atoms with Gasteiger partial charge in [-0.3, -0.25) is 14.5 Å². The molecule has 0 N–H and O–H groups in total. The largest absolute Gasteiger partial charge is 0.311 e. The fourth-order valence-corrected chi connectivity index (χ4v) is 4.36. The molecule has 0 aliphatic rings. The molecule has 4 rings (SSSR count). The van der Waals surface area contributed by atoms with Crippen LogP contribution in [-0.4, -0.2) is 23.8 Å². The Labute approximate surface area is 201 Å². The molecule has 3 aromatic carbocycles. The molecular formula is C27H22FN3O2S. The second kappa shape index (κ2) is 10.2. The lowest BCUT2D eigenvalue weighted by Gasteiger charge is -2.19. The molecule has 1 heterocycles. The highest BCUT2D eigenvalue weighted by Gasteiger charge is 2.20. The van der Waals surface area contributed by atoms with Gasteiger partial charge in [-0.2, -0.15) is 0 Å². The number of hydrogen-bond acceptors (Lipinski definition) is 4. The summed E-state index contributed by atoms with van der Waals surface area (Å²) in [7, 11) is 1.72. The Balaban J connectivity index is 1.55. The molecule has 0 radical (unpaired) electrons. The third-order valence-electron chi connectivity index (χ3n) is 5.19. The number of anilines is 3. The van der Waals surface area contributed by atoms with Gasteiger partial charge in [-0.25, -0.2) is 9.37 Å². The Kier molecular flexibility index (Phi) is 6.94. The fourth-order valence-electron chi connectivity index (χ4n) is 3.51. The van der Waals surface area contributed by atoms with Crippen LogP contribution in [0, 0.1) is 5.82 Å². The van der Waals surface area contributed by atoms with E-state index in [1.165, 1.54) is 41.4 Å². The van der Waals surface area contributed by atoms with Gasteiger partial charge in [-0.05, 0) is 29.8 Å². The van der Waals surface area contributed by atoms with Crippen LogP contribution in [0.1, 0.15) is 12.6 Å². The average molecular weight is 472 g/mol. The summed E-state index contributed by atoms with van der Waals surface area (Å²) < 4.78 is 14.3. The molecule has 0 unspecified atom stereocenters. The Bertz CT molecular complexity index is 1350. The topological polar surface area (TPSA) is 53.5 Å². The minimum Gasteiger partial charge on any atom is -0.311 e. The second-order valence-corrected chi connectivity index (χ2v) is 8.31. The molecule has 2 amide bonds. The van der Waals surface area contributed by atoms with Gasteiger partial charge in [0.25, 0.3) is 5.91 Å². The van der Waals surface area contributed by atoms with E-state index in [2.05, 4.69) is 4.98 Å². The van der Waals surface area contributed by atoms with E-state index in [9.17, 15) is 14.0 Å². The van der Waals surface area contributed by atoms with Crippen LogP contribution in [-0.2, 0) is 9.59 Å². The standard InChI is InChI=1S/C27H22FN3O2S/c1-19(32)31(25-15-9-7-13-23(25)28)27-29-21(18-34-27)16-17-26(33)30(2)24-14-8-6-12-22(24)20-10-4-3-5-11-20/h3-18H,1-2H3/b17-16+. The molecule has 34 heavy (non-hydrogen) atoms. The zero-order chi connectivity index (χ0) is 24.1. The predicted octanol–water partition coefficient (Wildman–Crippen LogP) is 6.31. The van der Waals surface area contributed by atoms with E-state index < -0.39 is 5.82 Å². The van der Waals surface area contributed by atoms with Crippen molar-refractivity contribution >= 4 is 45.7 Å². The number of likely N-dealkylation sites (N-methyl/N-ethyl adjacent to an activating group) is 1. The Morgan fingerprint density at radius 1 is 0.912 bits per heavy atom. The number of para-hydroxylation sites is 2. The third-order valence-corrected chi connectivity index (χ3v) is 6.03. The van der Waals surface area contributed by atoms with E-state index in [1.807, 2.05) is 54.6 Å². The van der Waals surface area contributed by atoms with Crippen molar-refractivity contribution in [1.82, 2.24) is 4.98 Å². The average Bonchev–Trinajstić information content (AvgIpc) is 3.32. The van der Waals surface area contributed by atoms with Crippen molar-refractivity contribution < 1.29 is 14.0 Å². The van der Waals surface area contributed by atoms with Crippen LogP contribution < -0.4 is 9.80 Å². The van der Waals surface area contributed by atoms with Gasteiger partial charge in [0.2, 0.25) is 5.91 Å². The summed E-state index contributed by atoms with van der Waals surface area (Å²) >= 11 is 1.20. The van der Waals surface area contributed by atoms with Crippen molar-refractivity contribution in [3.8, 4) is 11.1 Å². The van der Waals surface area contributed by atoms with Crippen LogP contribution in [0.15, 0.2) is 90.3 Å². The van der Waals surface area contributed by atoms with E-state index in [0.29, 0.717) is 10.8 Å². The highest BCUT2D eigenvalue weighted by molar-refractivity contribution is 7.14. The number of benzene rings is 3. The first-order valence-electron chi connectivity index (χ1n) is 10.6. The van der Waals surface area contributed by atoms with Gasteiger partial charge >= 0.3 is 0 Å². The SMILES string of the molecule is CC(=O)N(c1nc(/C=C/C(=O)N(C)c2ccccc2-c2ccccc2)cs1)c1ccccc1F. The monoisotopic (exact) mass is 471 g/mol. The predicted molar refractivity (Wildman–Crippen MR) is 136 cm³/mol. The summed E-state index contributed by atoms with van der Waals surface area (Å²) in [5.74, 6) is -1.10. The van der Waals surface area contributed by atoms with E-state index in [1.54, 1.807) is 35.5 Å². The van der Waals surface area contributed by atoms with Crippen molar-refractivity contribution in [2.24, 2.45) is 0 Å². The molecule has 5 nitrogen and oxygen atoms in total. The number of thiazole rings is 1. The number of nitrogens with zero attached hydrogens (tertiary/aromatic N) is 3. The van der Waals surface area contributed by atoms with Crippen molar-refractivity contribution in [3.63, 3.8) is 0 Å². The Morgan fingerprint density at radius 3 is 2.26 bits per heavy atom. The summed E-state index contributed by atoms with van der Waals surface area (Å²) in [6.45, 7) is 1.35. The molecule has 0 saturated heterocycles. The minimum atomic E-state index is -0.515. The van der Waals surface area contributed by atoms with E-state index in [4.69, 9.17) is 0 Å². The van der Waals surface area contributed by atoms with Gasteiger partial charge in [-0.1, -0.05) is 60.7 Å². The van der Waals surface area contributed by atoms with Gasteiger partial charge in [0.15, 0.2) is 5.13 Å². The normalized spacial score (nSPS) is 10.9. The molecule has 0 aliphatic carbocycles. The first-order chi connectivity index (χ1) is 16.5. The summed E-state index contributed by atoms with van der Waals surface area (Å²) in [5, 5.41) is 2.04. The molecule has 0 atom stereocenters. The summed E-state index contributed by atoms with van der Waals surface area (Å²) in [6.07, 6.45) is 3.02. The van der Waals surface area contributed by atoms with Gasteiger partial charge in [0, 0.05) is 31.0 Å². The minimum absolute atomic E-state index is 0.133. The molecule has 0 saturated carbocycles. The lowest BCUT2D eigenvalue weighted by molar-refractivity contribution is -0.116. The molecule has 1 aromatic heterocycles. The van der Waals surface area contributed by atoms with Crippen LogP contribution in [0.4, 0.5) is 20.9 Å². The summed E-state index contributed by atoms with van der Waals surface area (Å²) in [6, 6.07) is 23.6. The molecule has 170 valence electrons. The molecule has 0 spiro atoms. The summed E-state index contributed by atoms with van der Waals surface area (Å²) in [4.78, 5) is 32.3. The zero-order valence-electron chi connectivity index (χ0n) is 18.7. The van der Waals surface area contributed by atoms with Gasteiger partial charge in [0.05, 0.1) is 17.1 Å². The van der Waals surface area contributed by atoms with Crippen molar-refractivity contribution in [3.05, 3.63) is 102 Å². The number of aromatic nitrogens is 1. The van der Waals surface area contributed by atoms with E-state index in [-0.39, 0.29) is 17.5 Å². The first kappa shape index (κ1) is 23.1. The highest BCUT2D eigenvalue weighted by atomic mass is 32.1. The fraction of sp³-hybridized carbons (Fsp3) is 0.0741. The maximum absolute atomic E-state index is 14.3. The Morgan fingerprint density at radius 2 is 1.56 bits per heavy atom. The van der Waals surface area contributed by atoms with Crippen molar-refractivity contribution in [1.29, 1.82) is 0 Å². The molecule has 0 aliphatic heterocycles. The molecular weight excluding hydrogens is 449 g/mol. The van der Waals surface area contributed by atoms with Crippen LogP contribution in [0.25, 0.3) is 17.2 Å². The third kappa shape index (κ3) is 4.94. The van der Waals surface area contributed by atoms with Gasteiger partial charge in [0.1, 0.15) is 5.82 Å². The van der Waals surface area contributed by atoms with Crippen LogP contribution in [0.3, 0.4) is 0 Å². The molecule has 7 heteroatoms. The quantitative estimate of drug-likeness (QED) is 0.310. The highest BCUT2D eigenvalue weighted by Crippen LogP contribution is 2.32. The maximum Gasteiger partial charge on any atom is 0.250 e. The smallest absolute Gasteiger partial charge is 0.250 e. The van der Waals surface area contributed by atoms with E-state index in [0.717, 1.165) is 16.8 Å². The number of amides is 2. The van der Waals surface area contributed by atoms with Crippen molar-refractivity contribution in [2.45, 2.75) is 6.92 Å². The second-order valence-electron chi connectivity index (χ2n) is 7.47. The lowest BCUT2D eigenvalue weighted by atomic mass is 10.0. The number of rotatable bonds is 6. The number of halogens is 1. The van der Waals surface area contributed by atoms with E-state index >= 15 is 0 Å². The molecule has 4 aromatic rings. The number of carbonyl (C=O) groups excluding carboxylic acids is 2. The lowest BCUT2D eigenvalue weighted by Crippen LogP contribution is -2.24. The zero-order valence-corrected chi connectivity index (χ0v) is 19.5. The van der Waals surface area contributed by atoms with Gasteiger partial charge in [-0.15, -0.1) is 11.3 Å². The van der Waals surface area contributed by atoms with Crippen LogP contribution in [0.2, 0.25) is 0 Å². The summed E-state index contributed by atoms with van der Waals surface area (Å²) in [5.41, 5.74) is 3.38. The maximum atomic E-state index is 14.3. The van der Waals surface area contributed by atoms with Crippen LogP contribution >= 0.6 is 11.3 Å². The molecule has 0 fully saturated rings. The number of carbonyl (C=O) groups is 2. The Hall–Kier alpha value is -4.10.